The van der Waals surface area contributed by atoms with Gasteiger partial charge in [-0.2, -0.15) is 0 Å². The molecule has 2 aromatic rings. The molecule has 0 radical (unpaired) electrons. The van der Waals surface area contributed by atoms with E-state index in [9.17, 15) is 9.59 Å². The van der Waals surface area contributed by atoms with Crippen molar-refractivity contribution in [2.24, 2.45) is 0 Å². The molecule has 1 fully saturated rings. The molecule has 2 N–H and O–H groups in total. The Morgan fingerprint density at radius 1 is 1.29 bits per heavy atom. The van der Waals surface area contributed by atoms with Gasteiger partial charge in [0.25, 0.3) is 11.8 Å². The molecule has 0 bridgehead atoms. The van der Waals surface area contributed by atoms with Crippen molar-refractivity contribution in [2.45, 2.75) is 51.2 Å². The third-order valence-electron chi connectivity index (χ3n) is 4.45. The van der Waals surface area contributed by atoms with Crippen LogP contribution in [0.3, 0.4) is 0 Å². The predicted octanol–water partition coefficient (Wildman–Crippen LogP) is 1.63. The van der Waals surface area contributed by atoms with Gasteiger partial charge in [0, 0.05) is 12.6 Å². The van der Waals surface area contributed by atoms with Gasteiger partial charge < -0.3 is 19.6 Å². The number of amides is 2. The molecule has 3 heterocycles. The SMILES string of the molecule is O=C(NC1CC1)c1nc(C(=O)NCc2ccco2)n2c1CCCC2. The number of aromatic nitrogens is 2. The maximum Gasteiger partial charge on any atom is 0.287 e. The number of hydrogen-bond acceptors (Lipinski definition) is 4. The van der Waals surface area contributed by atoms with Crippen molar-refractivity contribution in [1.29, 1.82) is 0 Å². The number of fused-ring (bicyclic) bond motifs is 1. The summed E-state index contributed by atoms with van der Waals surface area (Å²) >= 11 is 0. The molecule has 0 unspecified atom stereocenters. The van der Waals surface area contributed by atoms with E-state index in [-0.39, 0.29) is 17.9 Å². The number of imidazole rings is 1. The fourth-order valence-electron chi connectivity index (χ4n) is 3.04. The number of rotatable bonds is 5. The van der Waals surface area contributed by atoms with Crippen molar-refractivity contribution >= 4 is 11.8 Å². The summed E-state index contributed by atoms with van der Waals surface area (Å²) in [6.45, 7) is 1.03. The zero-order chi connectivity index (χ0) is 16.5. The van der Waals surface area contributed by atoms with Gasteiger partial charge in [-0.25, -0.2) is 4.98 Å². The zero-order valence-corrected chi connectivity index (χ0v) is 13.4. The molecule has 2 aromatic heterocycles. The van der Waals surface area contributed by atoms with Crippen molar-refractivity contribution in [1.82, 2.24) is 20.2 Å². The summed E-state index contributed by atoms with van der Waals surface area (Å²) < 4.78 is 7.11. The third kappa shape index (κ3) is 2.93. The molecule has 7 nitrogen and oxygen atoms in total. The lowest BCUT2D eigenvalue weighted by atomic mass is 10.1. The topological polar surface area (TPSA) is 89.2 Å². The van der Waals surface area contributed by atoms with Crippen LogP contribution in [0.1, 0.15) is 58.2 Å². The van der Waals surface area contributed by atoms with Gasteiger partial charge >= 0.3 is 0 Å². The normalized spacial score (nSPS) is 16.5. The maximum absolute atomic E-state index is 12.5. The Hall–Kier alpha value is -2.57. The van der Waals surface area contributed by atoms with Gasteiger partial charge in [0.1, 0.15) is 11.5 Å². The van der Waals surface area contributed by atoms with E-state index in [1.54, 1.807) is 18.4 Å². The molecule has 2 aliphatic rings. The molecule has 0 aromatic carbocycles. The Bertz CT molecular complexity index is 759. The van der Waals surface area contributed by atoms with E-state index in [0.717, 1.165) is 44.3 Å². The van der Waals surface area contributed by atoms with Crippen LogP contribution >= 0.6 is 0 Å². The number of furan rings is 1. The predicted molar refractivity (Wildman–Crippen MR) is 85.5 cm³/mol. The summed E-state index contributed by atoms with van der Waals surface area (Å²) in [7, 11) is 0. The first kappa shape index (κ1) is 15.0. The van der Waals surface area contributed by atoms with E-state index in [1.807, 2.05) is 4.57 Å². The lowest BCUT2D eigenvalue weighted by molar-refractivity contribution is 0.0932. The molecule has 24 heavy (non-hydrogen) atoms. The molecule has 0 spiro atoms. The number of nitrogens with one attached hydrogen (secondary N) is 2. The lowest BCUT2D eigenvalue weighted by Crippen LogP contribution is -2.27. The van der Waals surface area contributed by atoms with Crippen LogP contribution < -0.4 is 10.6 Å². The lowest BCUT2D eigenvalue weighted by Gasteiger charge is -2.17. The highest BCUT2D eigenvalue weighted by Crippen LogP contribution is 2.23. The quantitative estimate of drug-likeness (QED) is 0.873. The van der Waals surface area contributed by atoms with Crippen LogP contribution in [0.4, 0.5) is 0 Å². The fourth-order valence-corrected chi connectivity index (χ4v) is 3.04. The molecular formula is C17H20N4O3. The van der Waals surface area contributed by atoms with Crippen LogP contribution in [-0.4, -0.2) is 27.4 Å². The molecule has 7 heteroatoms. The van der Waals surface area contributed by atoms with Crippen LogP contribution in [-0.2, 0) is 19.5 Å². The van der Waals surface area contributed by atoms with E-state index in [1.165, 1.54) is 0 Å². The molecule has 0 saturated heterocycles. The Morgan fingerprint density at radius 3 is 2.92 bits per heavy atom. The summed E-state index contributed by atoms with van der Waals surface area (Å²) in [5.41, 5.74) is 1.28. The van der Waals surface area contributed by atoms with Crippen LogP contribution in [0.25, 0.3) is 0 Å². The first-order valence-electron chi connectivity index (χ1n) is 8.43. The Labute approximate surface area is 139 Å². The molecule has 1 saturated carbocycles. The van der Waals surface area contributed by atoms with Gasteiger partial charge in [-0.05, 0) is 44.2 Å². The van der Waals surface area contributed by atoms with E-state index >= 15 is 0 Å². The summed E-state index contributed by atoms with van der Waals surface area (Å²) in [6.07, 6.45) is 6.41. The molecular weight excluding hydrogens is 308 g/mol. The monoisotopic (exact) mass is 328 g/mol. The van der Waals surface area contributed by atoms with E-state index in [0.29, 0.717) is 23.8 Å². The maximum atomic E-state index is 12.5. The zero-order valence-electron chi connectivity index (χ0n) is 13.4. The average Bonchev–Trinajstić information content (AvgIpc) is 3.12. The average molecular weight is 328 g/mol. The second-order valence-electron chi connectivity index (χ2n) is 6.35. The summed E-state index contributed by atoms with van der Waals surface area (Å²) in [4.78, 5) is 29.3. The second-order valence-corrected chi connectivity index (χ2v) is 6.35. The van der Waals surface area contributed by atoms with E-state index in [4.69, 9.17) is 4.42 Å². The van der Waals surface area contributed by atoms with Crippen molar-refractivity contribution in [3.63, 3.8) is 0 Å². The van der Waals surface area contributed by atoms with Crippen LogP contribution in [0.15, 0.2) is 22.8 Å². The Morgan fingerprint density at radius 2 is 2.17 bits per heavy atom. The standard InChI is InChI=1S/C17H20N4O3/c22-16(19-11-6-7-11)14-13-5-1-2-8-21(13)15(20-14)17(23)18-10-12-4-3-9-24-12/h3-4,9,11H,1-2,5-8,10H2,(H,18,23)(H,19,22). The molecule has 1 aliphatic heterocycles. The highest BCUT2D eigenvalue weighted by molar-refractivity contribution is 5.97. The largest absolute Gasteiger partial charge is 0.467 e. The van der Waals surface area contributed by atoms with Gasteiger partial charge in [-0.3, -0.25) is 9.59 Å². The summed E-state index contributed by atoms with van der Waals surface area (Å²) in [6, 6.07) is 3.85. The Kier molecular flexibility index (Phi) is 3.84. The molecule has 126 valence electrons. The summed E-state index contributed by atoms with van der Waals surface area (Å²) in [5.74, 6) is 0.561. The Balaban J connectivity index is 1.56. The van der Waals surface area contributed by atoms with Crippen molar-refractivity contribution in [3.05, 3.63) is 41.4 Å². The highest BCUT2D eigenvalue weighted by atomic mass is 16.3. The number of nitrogens with zero attached hydrogens (tertiary/aromatic N) is 2. The molecule has 1 aliphatic carbocycles. The number of carbonyl (C=O) groups excluding carboxylic acids is 2. The highest BCUT2D eigenvalue weighted by Gasteiger charge is 2.30. The smallest absolute Gasteiger partial charge is 0.287 e. The van der Waals surface area contributed by atoms with Gasteiger partial charge in [-0.1, -0.05) is 0 Å². The van der Waals surface area contributed by atoms with Crippen LogP contribution in [0.2, 0.25) is 0 Å². The first-order valence-corrected chi connectivity index (χ1v) is 8.43. The summed E-state index contributed by atoms with van der Waals surface area (Å²) in [5, 5.41) is 5.77. The van der Waals surface area contributed by atoms with Crippen molar-refractivity contribution in [2.75, 3.05) is 0 Å². The minimum atomic E-state index is -0.278. The first-order chi connectivity index (χ1) is 11.7. The molecule has 2 amide bonds. The van der Waals surface area contributed by atoms with Crippen LogP contribution in [0, 0.1) is 0 Å². The van der Waals surface area contributed by atoms with E-state index in [2.05, 4.69) is 15.6 Å². The second kappa shape index (κ2) is 6.14. The fraction of sp³-hybridized carbons (Fsp3) is 0.471. The molecule has 4 rings (SSSR count). The van der Waals surface area contributed by atoms with Gasteiger partial charge in [-0.15, -0.1) is 0 Å². The third-order valence-corrected chi connectivity index (χ3v) is 4.45. The van der Waals surface area contributed by atoms with Gasteiger partial charge in [0.2, 0.25) is 0 Å². The van der Waals surface area contributed by atoms with Crippen molar-refractivity contribution in [3.8, 4) is 0 Å². The number of hydrogen-bond donors (Lipinski definition) is 2. The number of carbonyl (C=O) groups is 2. The minimum absolute atomic E-state index is 0.159. The van der Waals surface area contributed by atoms with Crippen LogP contribution in [0.5, 0.6) is 0 Å². The van der Waals surface area contributed by atoms with Gasteiger partial charge in [0.05, 0.1) is 18.5 Å². The minimum Gasteiger partial charge on any atom is -0.467 e. The van der Waals surface area contributed by atoms with E-state index < -0.39 is 0 Å². The van der Waals surface area contributed by atoms with Gasteiger partial charge in [0.15, 0.2) is 5.82 Å². The molecule has 0 atom stereocenters. The van der Waals surface area contributed by atoms with Crippen molar-refractivity contribution < 1.29 is 14.0 Å².